The Hall–Kier alpha value is -0.820. The van der Waals surface area contributed by atoms with Gasteiger partial charge in [0.15, 0.2) is 0 Å². The maximum atomic E-state index is 5.63. The Morgan fingerprint density at radius 2 is 2.07 bits per heavy atom. The van der Waals surface area contributed by atoms with E-state index in [2.05, 4.69) is 37.3 Å². The van der Waals surface area contributed by atoms with Crippen LogP contribution in [0.4, 0.5) is 0 Å². The summed E-state index contributed by atoms with van der Waals surface area (Å²) in [5.41, 5.74) is 7.15. The molecular weight excluding hydrogens is 170 g/mol. The highest BCUT2D eigenvalue weighted by molar-refractivity contribution is 5.25. The van der Waals surface area contributed by atoms with Gasteiger partial charge in [0.2, 0.25) is 0 Å². The summed E-state index contributed by atoms with van der Waals surface area (Å²) >= 11 is 0. The molecule has 1 heteroatoms. The molecule has 76 valence electrons. The molecule has 0 amide bonds. The van der Waals surface area contributed by atoms with E-state index in [-0.39, 0.29) is 0 Å². The summed E-state index contributed by atoms with van der Waals surface area (Å²) in [5, 5.41) is 0. The average molecular weight is 189 g/mol. The maximum absolute atomic E-state index is 5.63. The van der Waals surface area contributed by atoms with Gasteiger partial charge in [0.05, 0.1) is 0 Å². The van der Waals surface area contributed by atoms with Crippen LogP contribution in [-0.2, 0) is 0 Å². The number of hydrogen-bond donors (Lipinski definition) is 1. The molecular formula is C13H19N. The summed E-state index contributed by atoms with van der Waals surface area (Å²) in [4.78, 5) is 0. The zero-order valence-corrected chi connectivity index (χ0v) is 8.82. The molecule has 14 heavy (non-hydrogen) atoms. The van der Waals surface area contributed by atoms with Crippen LogP contribution >= 0.6 is 0 Å². The second-order valence-corrected chi connectivity index (χ2v) is 4.59. The first-order chi connectivity index (χ1) is 6.81. The van der Waals surface area contributed by atoms with Gasteiger partial charge in [0, 0.05) is 0 Å². The van der Waals surface area contributed by atoms with E-state index in [1.807, 2.05) is 0 Å². The Bertz CT molecular complexity index is 281. The maximum Gasteiger partial charge on any atom is -0.00514 e. The van der Waals surface area contributed by atoms with E-state index in [0.717, 1.165) is 18.4 Å². The highest BCUT2D eigenvalue weighted by Crippen LogP contribution is 2.50. The van der Waals surface area contributed by atoms with Gasteiger partial charge in [-0.05, 0) is 42.7 Å². The van der Waals surface area contributed by atoms with Crippen molar-refractivity contribution in [1.82, 2.24) is 0 Å². The van der Waals surface area contributed by atoms with Crippen LogP contribution < -0.4 is 5.73 Å². The van der Waals surface area contributed by atoms with Crippen LogP contribution in [0.1, 0.15) is 31.2 Å². The Kier molecular flexibility index (Phi) is 2.87. The van der Waals surface area contributed by atoms with E-state index >= 15 is 0 Å². The summed E-state index contributed by atoms with van der Waals surface area (Å²) < 4.78 is 0. The first kappa shape index (κ1) is 9.72. The molecule has 1 fully saturated rings. The van der Waals surface area contributed by atoms with E-state index in [1.165, 1.54) is 18.4 Å². The van der Waals surface area contributed by atoms with Crippen LogP contribution in [0.25, 0.3) is 0 Å². The minimum Gasteiger partial charge on any atom is -0.330 e. The van der Waals surface area contributed by atoms with Crippen molar-refractivity contribution >= 4 is 0 Å². The van der Waals surface area contributed by atoms with Gasteiger partial charge in [-0.2, -0.15) is 0 Å². The van der Waals surface area contributed by atoms with Crippen molar-refractivity contribution in [3.05, 3.63) is 35.9 Å². The molecule has 1 aliphatic rings. The monoisotopic (exact) mass is 189 g/mol. The van der Waals surface area contributed by atoms with Crippen molar-refractivity contribution in [2.75, 3.05) is 6.54 Å². The molecule has 0 spiro atoms. The molecule has 0 bridgehead atoms. The van der Waals surface area contributed by atoms with Gasteiger partial charge in [-0.15, -0.1) is 0 Å². The predicted octanol–water partition coefficient (Wildman–Crippen LogP) is 2.78. The van der Waals surface area contributed by atoms with Crippen molar-refractivity contribution in [3.8, 4) is 0 Å². The summed E-state index contributed by atoms with van der Waals surface area (Å²) in [6.45, 7) is 3.08. The summed E-state index contributed by atoms with van der Waals surface area (Å²) in [6.07, 6.45) is 2.67. The zero-order valence-electron chi connectivity index (χ0n) is 8.82. The average Bonchev–Trinajstić information content (AvgIpc) is 2.98. The Morgan fingerprint density at radius 3 is 2.71 bits per heavy atom. The molecule has 1 aliphatic carbocycles. The molecule has 1 saturated carbocycles. The van der Waals surface area contributed by atoms with E-state index in [4.69, 9.17) is 5.73 Å². The zero-order chi connectivity index (χ0) is 9.97. The smallest absolute Gasteiger partial charge is 0.00514 e. The topological polar surface area (TPSA) is 26.0 Å². The summed E-state index contributed by atoms with van der Waals surface area (Å²) in [5.74, 6) is 2.41. The Balaban J connectivity index is 1.87. The van der Waals surface area contributed by atoms with Crippen LogP contribution in [0, 0.1) is 11.8 Å². The molecule has 0 aromatic heterocycles. The second-order valence-electron chi connectivity index (χ2n) is 4.59. The van der Waals surface area contributed by atoms with Gasteiger partial charge in [-0.1, -0.05) is 37.3 Å². The van der Waals surface area contributed by atoms with E-state index in [0.29, 0.717) is 5.92 Å². The van der Waals surface area contributed by atoms with Gasteiger partial charge in [0.1, 0.15) is 0 Å². The minimum atomic E-state index is 0.689. The standard InChI is InChI=1S/C13H19N/c1-10(9-14)7-12-8-13(12)11-5-3-2-4-6-11/h2-6,10,12-13H,7-9,14H2,1H3. The van der Waals surface area contributed by atoms with Crippen LogP contribution in [-0.4, -0.2) is 6.54 Å². The normalized spacial score (nSPS) is 27.3. The molecule has 0 saturated heterocycles. The lowest BCUT2D eigenvalue weighted by molar-refractivity contribution is 0.500. The summed E-state index contributed by atoms with van der Waals surface area (Å²) in [7, 11) is 0. The third-order valence-corrected chi connectivity index (χ3v) is 3.26. The Morgan fingerprint density at radius 1 is 1.36 bits per heavy atom. The summed E-state index contributed by atoms with van der Waals surface area (Å²) in [6, 6.07) is 10.9. The molecule has 1 aromatic carbocycles. The van der Waals surface area contributed by atoms with Crippen molar-refractivity contribution < 1.29 is 0 Å². The first-order valence-corrected chi connectivity index (χ1v) is 5.56. The molecule has 2 N–H and O–H groups in total. The number of hydrogen-bond acceptors (Lipinski definition) is 1. The quantitative estimate of drug-likeness (QED) is 0.774. The second kappa shape index (κ2) is 4.14. The Labute approximate surface area is 86.3 Å². The SMILES string of the molecule is CC(CN)CC1CC1c1ccccc1. The molecule has 1 nitrogen and oxygen atoms in total. The largest absolute Gasteiger partial charge is 0.330 e. The lowest BCUT2D eigenvalue weighted by atomic mass is 10.0. The molecule has 0 radical (unpaired) electrons. The van der Waals surface area contributed by atoms with E-state index in [9.17, 15) is 0 Å². The van der Waals surface area contributed by atoms with Crippen LogP contribution in [0.2, 0.25) is 0 Å². The lowest BCUT2D eigenvalue weighted by Gasteiger charge is -2.07. The van der Waals surface area contributed by atoms with Gasteiger partial charge in [-0.25, -0.2) is 0 Å². The minimum absolute atomic E-state index is 0.689. The third kappa shape index (κ3) is 2.16. The highest BCUT2D eigenvalue weighted by atomic mass is 14.6. The molecule has 1 aromatic rings. The van der Waals surface area contributed by atoms with Crippen molar-refractivity contribution in [2.24, 2.45) is 17.6 Å². The van der Waals surface area contributed by atoms with Gasteiger partial charge in [0.25, 0.3) is 0 Å². The van der Waals surface area contributed by atoms with Crippen LogP contribution in [0.3, 0.4) is 0 Å². The molecule has 3 atom stereocenters. The van der Waals surface area contributed by atoms with Gasteiger partial charge < -0.3 is 5.73 Å². The lowest BCUT2D eigenvalue weighted by Crippen LogP contribution is -2.11. The predicted molar refractivity (Wildman–Crippen MR) is 60.1 cm³/mol. The van der Waals surface area contributed by atoms with E-state index < -0.39 is 0 Å². The van der Waals surface area contributed by atoms with E-state index in [1.54, 1.807) is 0 Å². The highest BCUT2D eigenvalue weighted by Gasteiger charge is 2.38. The molecule has 3 unspecified atom stereocenters. The fourth-order valence-corrected chi connectivity index (χ4v) is 2.23. The molecule has 2 rings (SSSR count). The third-order valence-electron chi connectivity index (χ3n) is 3.26. The fourth-order valence-electron chi connectivity index (χ4n) is 2.23. The number of benzene rings is 1. The fraction of sp³-hybridized carbons (Fsp3) is 0.538. The number of nitrogens with two attached hydrogens (primary N) is 1. The van der Waals surface area contributed by atoms with Crippen molar-refractivity contribution in [2.45, 2.75) is 25.7 Å². The van der Waals surface area contributed by atoms with Gasteiger partial charge in [-0.3, -0.25) is 0 Å². The first-order valence-electron chi connectivity index (χ1n) is 5.56. The van der Waals surface area contributed by atoms with Gasteiger partial charge >= 0.3 is 0 Å². The van der Waals surface area contributed by atoms with Crippen LogP contribution in [0.5, 0.6) is 0 Å². The van der Waals surface area contributed by atoms with Crippen molar-refractivity contribution in [3.63, 3.8) is 0 Å². The molecule has 0 heterocycles. The number of rotatable bonds is 4. The van der Waals surface area contributed by atoms with Crippen LogP contribution in [0.15, 0.2) is 30.3 Å². The molecule has 0 aliphatic heterocycles. The van der Waals surface area contributed by atoms with Crippen molar-refractivity contribution in [1.29, 1.82) is 0 Å².